The van der Waals surface area contributed by atoms with Crippen molar-refractivity contribution in [1.82, 2.24) is 14.5 Å². The number of amides is 1. The average molecular weight is 417 g/mol. The summed E-state index contributed by atoms with van der Waals surface area (Å²) in [5, 5.41) is 0.699. The molecule has 4 rings (SSSR count). The van der Waals surface area contributed by atoms with E-state index in [-0.39, 0.29) is 18.3 Å². The molecule has 0 atom stereocenters. The van der Waals surface area contributed by atoms with Gasteiger partial charge in [-0.05, 0) is 42.7 Å². The second kappa shape index (κ2) is 9.03. The number of hydrogen-bond donors (Lipinski definition) is 0. The number of fused-ring (bicyclic) bond motifs is 1. The van der Waals surface area contributed by atoms with E-state index in [0.29, 0.717) is 17.4 Å². The SMILES string of the molecule is CCc1ccc2nc(N(CCCn3ccnc3)C(=O)c3ccco3)sc2c1.Cl. The van der Waals surface area contributed by atoms with E-state index in [1.54, 1.807) is 40.9 Å². The van der Waals surface area contributed by atoms with Crippen molar-refractivity contribution in [2.24, 2.45) is 0 Å². The number of imidazole rings is 1. The molecule has 0 fully saturated rings. The van der Waals surface area contributed by atoms with Gasteiger partial charge in [0.25, 0.3) is 5.91 Å². The van der Waals surface area contributed by atoms with Crippen LogP contribution < -0.4 is 4.90 Å². The molecule has 146 valence electrons. The summed E-state index contributed by atoms with van der Waals surface area (Å²) < 4.78 is 8.43. The van der Waals surface area contributed by atoms with Crippen molar-refractivity contribution in [3.63, 3.8) is 0 Å². The Morgan fingerprint density at radius 2 is 2.21 bits per heavy atom. The van der Waals surface area contributed by atoms with E-state index >= 15 is 0 Å². The quantitative estimate of drug-likeness (QED) is 0.433. The molecular formula is C20H21ClN4O2S. The number of hydrogen-bond acceptors (Lipinski definition) is 5. The maximum atomic E-state index is 13.0. The van der Waals surface area contributed by atoms with E-state index in [2.05, 4.69) is 24.0 Å². The number of halogens is 1. The molecule has 1 amide bonds. The molecule has 3 heterocycles. The van der Waals surface area contributed by atoms with E-state index in [0.717, 1.165) is 29.6 Å². The summed E-state index contributed by atoms with van der Waals surface area (Å²) in [6.45, 7) is 3.47. The molecular weight excluding hydrogens is 396 g/mol. The summed E-state index contributed by atoms with van der Waals surface area (Å²) in [6.07, 6.45) is 8.74. The van der Waals surface area contributed by atoms with Gasteiger partial charge < -0.3 is 8.98 Å². The lowest BCUT2D eigenvalue weighted by Crippen LogP contribution is -2.32. The number of benzene rings is 1. The number of nitrogens with zero attached hydrogens (tertiary/aromatic N) is 4. The molecule has 8 heteroatoms. The molecule has 0 aliphatic rings. The average Bonchev–Trinajstić information content (AvgIpc) is 3.45. The molecule has 0 N–H and O–H groups in total. The lowest BCUT2D eigenvalue weighted by atomic mass is 10.2. The number of thiazole rings is 1. The zero-order valence-corrected chi connectivity index (χ0v) is 17.1. The van der Waals surface area contributed by atoms with Crippen molar-refractivity contribution in [2.75, 3.05) is 11.4 Å². The van der Waals surface area contributed by atoms with Crippen LogP contribution in [0.15, 0.2) is 59.7 Å². The molecule has 0 saturated carbocycles. The fraction of sp³-hybridized carbons (Fsp3) is 0.250. The first-order valence-corrected chi connectivity index (χ1v) is 9.77. The zero-order chi connectivity index (χ0) is 18.6. The Hall–Kier alpha value is -2.64. The highest BCUT2D eigenvalue weighted by molar-refractivity contribution is 7.22. The maximum absolute atomic E-state index is 13.0. The third-order valence-corrected chi connectivity index (χ3v) is 5.46. The van der Waals surface area contributed by atoms with Crippen molar-refractivity contribution < 1.29 is 9.21 Å². The minimum absolute atomic E-state index is 0. The molecule has 0 unspecified atom stereocenters. The minimum Gasteiger partial charge on any atom is -0.459 e. The number of rotatable bonds is 7. The van der Waals surface area contributed by atoms with Crippen LogP contribution in [0.25, 0.3) is 10.2 Å². The fourth-order valence-electron chi connectivity index (χ4n) is 2.94. The third-order valence-electron chi connectivity index (χ3n) is 4.42. The van der Waals surface area contributed by atoms with E-state index in [4.69, 9.17) is 9.40 Å². The van der Waals surface area contributed by atoms with Gasteiger partial charge in [-0.1, -0.05) is 24.3 Å². The van der Waals surface area contributed by atoms with Gasteiger partial charge in [0, 0.05) is 25.5 Å². The number of aromatic nitrogens is 3. The molecule has 0 radical (unpaired) electrons. The molecule has 3 aromatic heterocycles. The van der Waals surface area contributed by atoms with Crippen molar-refractivity contribution >= 4 is 45.0 Å². The third kappa shape index (κ3) is 4.26. The lowest BCUT2D eigenvalue weighted by Gasteiger charge is -2.18. The Bertz CT molecular complexity index is 1030. The van der Waals surface area contributed by atoms with Gasteiger partial charge in [0.15, 0.2) is 10.9 Å². The molecule has 0 spiro atoms. The van der Waals surface area contributed by atoms with Crippen LogP contribution in [-0.4, -0.2) is 27.0 Å². The largest absolute Gasteiger partial charge is 0.459 e. The normalized spacial score (nSPS) is 10.8. The van der Waals surface area contributed by atoms with Crippen molar-refractivity contribution in [3.05, 3.63) is 66.6 Å². The molecule has 0 bridgehead atoms. The highest BCUT2D eigenvalue weighted by atomic mass is 35.5. The molecule has 0 aliphatic heterocycles. The first-order valence-electron chi connectivity index (χ1n) is 8.95. The molecule has 4 aromatic rings. The van der Waals surface area contributed by atoms with Gasteiger partial charge in [-0.2, -0.15) is 0 Å². The monoisotopic (exact) mass is 416 g/mol. The molecule has 6 nitrogen and oxygen atoms in total. The van der Waals surface area contributed by atoms with Crippen LogP contribution in [0.1, 0.15) is 29.5 Å². The molecule has 0 aliphatic carbocycles. The Morgan fingerprint density at radius 3 is 2.93 bits per heavy atom. The standard InChI is InChI=1S/C20H20N4O2S.ClH/c1-2-15-6-7-16-18(13-15)27-20(22-16)24(19(25)17-5-3-12-26-17)10-4-9-23-11-8-21-14-23;/h3,5-8,11-14H,2,4,9-10H2,1H3;1H. The molecule has 0 saturated heterocycles. The van der Waals surface area contributed by atoms with Crippen molar-refractivity contribution in [3.8, 4) is 0 Å². The highest BCUT2D eigenvalue weighted by Gasteiger charge is 2.23. The van der Waals surface area contributed by atoms with E-state index < -0.39 is 0 Å². The predicted molar refractivity (Wildman–Crippen MR) is 113 cm³/mol. The second-order valence-electron chi connectivity index (χ2n) is 6.24. The minimum atomic E-state index is -0.166. The van der Waals surface area contributed by atoms with E-state index in [1.165, 1.54) is 11.8 Å². The number of carbonyl (C=O) groups is 1. The molecule has 1 aromatic carbocycles. The first-order chi connectivity index (χ1) is 13.2. The Kier molecular flexibility index (Phi) is 6.49. The summed E-state index contributed by atoms with van der Waals surface area (Å²) >= 11 is 1.54. The Morgan fingerprint density at radius 1 is 1.32 bits per heavy atom. The number of anilines is 1. The molecule has 28 heavy (non-hydrogen) atoms. The zero-order valence-electron chi connectivity index (χ0n) is 15.4. The van der Waals surface area contributed by atoms with Crippen molar-refractivity contribution in [1.29, 1.82) is 0 Å². The van der Waals surface area contributed by atoms with Crippen LogP contribution >= 0.6 is 23.7 Å². The van der Waals surface area contributed by atoms with Gasteiger partial charge in [-0.3, -0.25) is 9.69 Å². The van der Waals surface area contributed by atoms with Crippen LogP contribution in [0, 0.1) is 0 Å². The fourth-order valence-corrected chi connectivity index (χ4v) is 3.99. The smallest absolute Gasteiger partial charge is 0.295 e. The van der Waals surface area contributed by atoms with Gasteiger partial charge in [0.05, 0.1) is 22.8 Å². The van der Waals surface area contributed by atoms with Gasteiger partial charge in [0.1, 0.15) is 0 Å². The first kappa shape index (κ1) is 20.1. The van der Waals surface area contributed by atoms with Crippen LogP contribution in [0.2, 0.25) is 0 Å². The summed E-state index contributed by atoms with van der Waals surface area (Å²) in [5.74, 6) is 0.159. The summed E-state index contributed by atoms with van der Waals surface area (Å²) in [5.41, 5.74) is 2.18. The number of furan rings is 1. The van der Waals surface area contributed by atoms with Crippen molar-refractivity contribution in [2.45, 2.75) is 26.3 Å². The lowest BCUT2D eigenvalue weighted by molar-refractivity contribution is 0.0959. The number of carbonyl (C=O) groups excluding carboxylic acids is 1. The van der Waals surface area contributed by atoms with Gasteiger partial charge in [-0.25, -0.2) is 9.97 Å². The van der Waals surface area contributed by atoms with Crippen LogP contribution in [0.5, 0.6) is 0 Å². The summed E-state index contributed by atoms with van der Waals surface area (Å²) in [7, 11) is 0. The Labute approximate surface area is 173 Å². The van der Waals surface area contributed by atoms with Gasteiger partial charge in [0.2, 0.25) is 0 Å². The van der Waals surface area contributed by atoms with Crippen LogP contribution in [0.3, 0.4) is 0 Å². The Balaban J connectivity index is 0.00000225. The van der Waals surface area contributed by atoms with Crippen LogP contribution in [-0.2, 0) is 13.0 Å². The van der Waals surface area contributed by atoms with E-state index in [9.17, 15) is 4.79 Å². The number of aryl methyl sites for hydroxylation is 2. The summed E-state index contributed by atoms with van der Waals surface area (Å²) in [4.78, 5) is 23.4. The van der Waals surface area contributed by atoms with Gasteiger partial charge >= 0.3 is 0 Å². The maximum Gasteiger partial charge on any atom is 0.295 e. The topological polar surface area (TPSA) is 64.2 Å². The van der Waals surface area contributed by atoms with Crippen LogP contribution in [0.4, 0.5) is 5.13 Å². The summed E-state index contributed by atoms with van der Waals surface area (Å²) in [6, 6.07) is 9.67. The second-order valence-corrected chi connectivity index (χ2v) is 7.25. The highest BCUT2D eigenvalue weighted by Crippen LogP contribution is 2.31. The predicted octanol–water partition coefficient (Wildman–Crippen LogP) is 4.81. The van der Waals surface area contributed by atoms with Gasteiger partial charge in [-0.15, -0.1) is 12.4 Å². The van der Waals surface area contributed by atoms with E-state index in [1.807, 2.05) is 16.8 Å².